The zero-order valence-corrected chi connectivity index (χ0v) is 12.2. The Labute approximate surface area is 124 Å². The van der Waals surface area contributed by atoms with Crippen LogP contribution >= 0.6 is 0 Å². The number of aryl methyl sites for hydroxylation is 1. The molecule has 2 aliphatic rings. The number of hydrogen-bond acceptors (Lipinski definition) is 3. The van der Waals surface area contributed by atoms with Crippen molar-refractivity contribution < 1.29 is 14.0 Å². The number of hydrogen-bond donors (Lipinski definition) is 1. The van der Waals surface area contributed by atoms with E-state index in [9.17, 15) is 9.59 Å². The molecule has 5 nitrogen and oxygen atoms in total. The number of nitrogens with zero attached hydrogens (tertiary/aromatic N) is 1. The average molecular weight is 288 g/mol. The van der Waals surface area contributed by atoms with Crippen molar-refractivity contribution in [1.29, 1.82) is 0 Å². The van der Waals surface area contributed by atoms with E-state index in [1.807, 2.05) is 24.0 Å². The molecule has 21 heavy (non-hydrogen) atoms. The molecule has 1 aromatic rings. The molecule has 2 aliphatic heterocycles. The fourth-order valence-corrected chi connectivity index (χ4v) is 3.11. The minimum absolute atomic E-state index is 0.0133. The molecule has 2 fully saturated rings. The predicted molar refractivity (Wildman–Crippen MR) is 78.3 cm³/mol. The van der Waals surface area contributed by atoms with Gasteiger partial charge in [0.15, 0.2) is 0 Å². The van der Waals surface area contributed by atoms with E-state index in [0.717, 1.165) is 25.1 Å². The molecule has 2 amide bonds. The van der Waals surface area contributed by atoms with Gasteiger partial charge in [-0.25, -0.2) is 0 Å². The molecule has 0 radical (unpaired) electrons. The quantitative estimate of drug-likeness (QED) is 0.843. The summed E-state index contributed by atoms with van der Waals surface area (Å²) in [5, 5.41) is 3.03. The minimum Gasteiger partial charge on any atom is -0.462 e. The lowest BCUT2D eigenvalue weighted by Gasteiger charge is -2.41. The maximum Gasteiger partial charge on any atom is 0.246 e. The van der Waals surface area contributed by atoms with Crippen LogP contribution in [0.25, 0.3) is 6.08 Å². The van der Waals surface area contributed by atoms with Gasteiger partial charge in [0.05, 0.1) is 0 Å². The summed E-state index contributed by atoms with van der Waals surface area (Å²) in [7, 11) is 0. The van der Waals surface area contributed by atoms with Gasteiger partial charge < -0.3 is 14.6 Å². The van der Waals surface area contributed by atoms with E-state index in [0.29, 0.717) is 24.6 Å². The Bertz CT molecular complexity index is 576. The molecule has 0 spiro atoms. The molecule has 0 bridgehead atoms. The predicted octanol–water partition coefficient (Wildman–Crippen LogP) is 1.73. The van der Waals surface area contributed by atoms with Crippen LogP contribution in [0.15, 0.2) is 22.6 Å². The molecule has 2 saturated heterocycles. The highest BCUT2D eigenvalue weighted by Gasteiger charge is 2.34. The van der Waals surface area contributed by atoms with Gasteiger partial charge in [-0.3, -0.25) is 9.59 Å². The Morgan fingerprint density at radius 2 is 2.29 bits per heavy atom. The first-order chi connectivity index (χ1) is 10.1. The van der Waals surface area contributed by atoms with Crippen molar-refractivity contribution in [2.24, 2.45) is 5.92 Å². The van der Waals surface area contributed by atoms with Gasteiger partial charge in [-0.2, -0.15) is 0 Å². The van der Waals surface area contributed by atoms with Crippen molar-refractivity contribution in [3.63, 3.8) is 0 Å². The van der Waals surface area contributed by atoms with Crippen molar-refractivity contribution in [3.05, 3.63) is 29.7 Å². The van der Waals surface area contributed by atoms with E-state index in [-0.39, 0.29) is 17.9 Å². The molecule has 0 aromatic carbocycles. The number of furan rings is 1. The number of carbonyl (C=O) groups is 2. The second kappa shape index (κ2) is 5.76. The van der Waals surface area contributed by atoms with Gasteiger partial charge in [0.25, 0.3) is 0 Å². The lowest BCUT2D eigenvalue weighted by molar-refractivity contribution is -0.130. The Morgan fingerprint density at radius 3 is 3.05 bits per heavy atom. The summed E-state index contributed by atoms with van der Waals surface area (Å²) in [6.45, 7) is 3.30. The van der Waals surface area contributed by atoms with E-state index >= 15 is 0 Å². The number of nitrogens with one attached hydrogen (secondary N) is 1. The lowest BCUT2D eigenvalue weighted by atomic mass is 9.85. The van der Waals surface area contributed by atoms with Gasteiger partial charge in [-0.05, 0) is 43.9 Å². The maximum atomic E-state index is 12.2. The van der Waals surface area contributed by atoms with Gasteiger partial charge >= 0.3 is 0 Å². The summed E-state index contributed by atoms with van der Waals surface area (Å²) in [4.78, 5) is 25.5. The average Bonchev–Trinajstić information content (AvgIpc) is 2.90. The van der Waals surface area contributed by atoms with E-state index in [1.54, 1.807) is 12.2 Å². The zero-order chi connectivity index (χ0) is 14.8. The molecule has 3 heterocycles. The molecule has 112 valence electrons. The summed E-state index contributed by atoms with van der Waals surface area (Å²) in [6, 6.07) is 3.97. The van der Waals surface area contributed by atoms with Gasteiger partial charge in [0.1, 0.15) is 11.5 Å². The monoisotopic (exact) mass is 288 g/mol. The van der Waals surface area contributed by atoms with Crippen LogP contribution in [0, 0.1) is 12.8 Å². The smallest absolute Gasteiger partial charge is 0.246 e. The molecule has 0 aliphatic carbocycles. The molecule has 1 aromatic heterocycles. The number of rotatable bonds is 2. The highest BCUT2D eigenvalue weighted by Crippen LogP contribution is 2.25. The maximum absolute atomic E-state index is 12.2. The van der Waals surface area contributed by atoms with Crippen LogP contribution in [-0.4, -0.2) is 35.8 Å². The summed E-state index contributed by atoms with van der Waals surface area (Å²) in [5.74, 6) is 2.07. The van der Waals surface area contributed by atoms with Crippen molar-refractivity contribution in [3.8, 4) is 0 Å². The van der Waals surface area contributed by atoms with Crippen LogP contribution in [0.4, 0.5) is 0 Å². The Balaban J connectivity index is 1.59. The number of likely N-dealkylation sites (tertiary alicyclic amines) is 1. The first-order valence-corrected chi connectivity index (χ1v) is 7.44. The second-order valence-corrected chi connectivity index (χ2v) is 5.83. The van der Waals surface area contributed by atoms with Crippen LogP contribution in [0.1, 0.15) is 30.8 Å². The van der Waals surface area contributed by atoms with Crippen molar-refractivity contribution >= 4 is 17.9 Å². The van der Waals surface area contributed by atoms with Gasteiger partial charge in [-0.15, -0.1) is 0 Å². The highest BCUT2D eigenvalue weighted by atomic mass is 16.3. The standard InChI is InChI=1S/C16H20N2O3/c1-11-2-4-13(21-11)5-7-16(20)18-9-8-14-12(10-18)3-6-15(19)17-14/h2,4-5,7,12,14H,3,6,8-10H2,1H3,(H,17,19)/b7-5+. The van der Waals surface area contributed by atoms with Crippen LogP contribution in [0.3, 0.4) is 0 Å². The molecule has 0 saturated carbocycles. The molecular formula is C16H20N2O3. The molecule has 2 unspecified atom stereocenters. The number of piperidine rings is 2. The number of amides is 2. The van der Waals surface area contributed by atoms with Gasteiger partial charge in [0.2, 0.25) is 11.8 Å². The Hall–Kier alpha value is -2.04. The topological polar surface area (TPSA) is 62.6 Å². The third-order valence-corrected chi connectivity index (χ3v) is 4.29. The first kappa shape index (κ1) is 13.9. The SMILES string of the molecule is Cc1ccc(/C=C/C(=O)N2CCC3NC(=O)CCC3C2)o1. The minimum atomic E-state index is 0.0133. The Kier molecular flexibility index (Phi) is 3.82. The fraction of sp³-hybridized carbons (Fsp3) is 0.500. The van der Waals surface area contributed by atoms with E-state index in [4.69, 9.17) is 4.42 Å². The van der Waals surface area contributed by atoms with E-state index < -0.39 is 0 Å². The van der Waals surface area contributed by atoms with Crippen LogP contribution in [0.2, 0.25) is 0 Å². The molecular weight excluding hydrogens is 268 g/mol. The number of fused-ring (bicyclic) bond motifs is 1. The summed E-state index contributed by atoms with van der Waals surface area (Å²) in [5.41, 5.74) is 0. The molecule has 2 atom stereocenters. The summed E-state index contributed by atoms with van der Waals surface area (Å²) < 4.78 is 5.41. The van der Waals surface area contributed by atoms with E-state index in [1.165, 1.54) is 0 Å². The third-order valence-electron chi connectivity index (χ3n) is 4.29. The van der Waals surface area contributed by atoms with Crippen LogP contribution < -0.4 is 5.32 Å². The highest BCUT2D eigenvalue weighted by molar-refractivity contribution is 5.91. The molecule has 5 heteroatoms. The molecule has 1 N–H and O–H groups in total. The van der Waals surface area contributed by atoms with E-state index in [2.05, 4.69) is 5.32 Å². The largest absolute Gasteiger partial charge is 0.462 e. The number of carbonyl (C=O) groups excluding carboxylic acids is 2. The van der Waals surface area contributed by atoms with Crippen LogP contribution in [0.5, 0.6) is 0 Å². The lowest BCUT2D eigenvalue weighted by Crippen LogP contribution is -2.54. The molecule has 3 rings (SSSR count). The van der Waals surface area contributed by atoms with Crippen LogP contribution in [-0.2, 0) is 9.59 Å². The van der Waals surface area contributed by atoms with Crippen molar-refractivity contribution in [1.82, 2.24) is 10.2 Å². The van der Waals surface area contributed by atoms with Crippen molar-refractivity contribution in [2.75, 3.05) is 13.1 Å². The first-order valence-electron chi connectivity index (χ1n) is 7.44. The normalized spacial score (nSPS) is 25.8. The summed E-state index contributed by atoms with van der Waals surface area (Å²) in [6.07, 6.45) is 5.58. The Morgan fingerprint density at radius 1 is 1.43 bits per heavy atom. The second-order valence-electron chi connectivity index (χ2n) is 5.83. The van der Waals surface area contributed by atoms with Gasteiger partial charge in [0, 0.05) is 31.6 Å². The summed E-state index contributed by atoms with van der Waals surface area (Å²) >= 11 is 0. The third kappa shape index (κ3) is 3.17. The fourth-order valence-electron chi connectivity index (χ4n) is 3.11. The van der Waals surface area contributed by atoms with Crippen molar-refractivity contribution in [2.45, 2.75) is 32.2 Å². The van der Waals surface area contributed by atoms with Gasteiger partial charge in [-0.1, -0.05) is 0 Å². The zero-order valence-electron chi connectivity index (χ0n) is 12.2.